The number of hydrogen-bond donors (Lipinski definition) is 2. The lowest BCUT2D eigenvalue weighted by atomic mass is 9.42. The molecule has 100 heavy (non-hydrogen) atoms. The molecule has 2 aromatic rings. The normalized spacial score (nSPS) is 38.1. The number of ketones is 2. The number of esters is 4. The van der Waals surface area contributed by atoms with Crippen LogP contribution in [0.25, 0.3) is 0 Å². The van der Waals surface area contributed by atoms with Crippen LogP contribution < -0.4 is 0 Å². The van der Waals surface area contributed by atoms with E-state index in [0.717, 1.165) is 36.6 Å². The lowest BCUT2D eigenvalue weighted by Gasteiger charge is -2.69. The summed E-state index contributed by atoms with van der Waals surface area (Å²) in [6, 6.07) is 21.6. The SMILES string of the molecule is CCCC(=O)O[C@@]12CO[C@@H]1C[C@H](CC)[C@@]1(C)[C@@H]3OC(C)(C)O[C@@H]3C3=C(C)C(=O)C[C@@](O)([C@@H](OC(=O)c4ccccc4)[C@H]21)C3(C)C.CC[Si](=O)CC.CC[Si](CC)(CC)O[C@H]1C[C@H]2OC[C@@]2(OC(C)=O)[C@H]2[C@H](OC(=O)c3ccccc3)[C@]3(O)CC(=O)C(C)=C([C@H]4OC(C)(C)O[C@H]4[C@]12C)C3(C)C. The molecule has 0 aromatic heterocycles. The largest absolute Gasteiger partial charge is 0.455 e. The third-order valence-corrected chi connectivity index (χ3v) is 32.0. The van der Waals surface area contributed by atoms with Gasteiger partial charge in [0, 0.05) is 54.3 Å². The maximum Gasteiger partial charge on any atom is 0.338 e. The number of carbonyl (C=O) groups excluding carboxylic acids is 6. The van der Waals surface area contributed by atoms with Crippen LogP contribution in [0.3, 0.4) is 0 Å². The van der Waals surface area contributed by atoms with Gasteiger partial charge in [0.05, 0.1) is 54.5 Å². The van der Waals surface area contributed by atoms with Crippen LogP contribution in [0.5, 0.6) is 0 Å². The summed E-state index contributed by atoms with van der Waals surface area (Å²) >= 11 is 0. The van der Waals surface area contributed by atoms with E-state index in [1.54, 1.807) is 68.4 Å². The van der Waals surface area contributed by atoms with Crippen molar-refractivity contribution in [3.63, 3.8) is 0 Å². The highest BCUT2D eigenvalue weighted by Gasteiger charge is 2.82. The summed E-state index contributed by atoms with van der Waals surface area (Å²) < 4.78 is 83.6. The van der Waals surface area contributed by atoms with Gasteiger partial charge in [0.2, 0.25) is 0 Å². The van der Waals surface area contributed by atoms with E-state index in [0.29, 0.717) is 52.7 Å². The van der Waals surface area contributed by atoms with Gasteiger partial charge in [-0.05, 0) is 137 Å². The molecule has 4 bridgehead atoms. The second-order valence-corrected chi connectivity index (χ2v) is 39.6. The van der Waals surface area contributed by atoms with Crippen molar-refractivity contribution >= 4 is 52.4 Å². The van der Waals surface area contributed by atoms with E-state index in [-0.39, 0.29) is 55.9 Å². The molecule has 8 fully saturated rings. The molecule has 6 aliphatic carbocycles. The fourth-order valence-corrected chi connectivity index (χ4v) is 23.3. The molecular weight excluding hydrogens is 1310 g/mol. The minimum absolute atomic E-state index is 0.0231. The summed E-state index contributed by atoms with van der Waals surface area (Å²) in [4.78, 5) is 82.7. The zero-order valence-corrected chi connectivity index (χ0v) is 64.8. The molecule has 4 aliphatic heterocycles. The van der Waals surface area contributed by atoms with Gasteiger partial charge in [0.1, 0.15) is 47.8 Å². The van der Waals surface area contributed by atoms with Gasteiger partial charge in [-0.25, -0.2) is 9.59 Å². The van der Waals surface area contributed by atoms with Gasteiger partial charge in [-0.15, -0.1) is 0 Å². The first-order chi connectivity index (χ1) is 46.7. The van der Waals surface area contributed by atoms with Crippen molar-refractivity contribution in [2.45, 2.75) is 303 Å². The maximum atomic E-state index is 14.2. The standard InChI is InChI=1S/C38H54O10Si.C36H48O9.C4H10OSi/c1-11-49(12-2,13-3)48-26-19-27-37(21-43-27,45-23(5)39)30-32(44-33(41)24-17-15-14-16-18-24)38(42)20-25(40)22(4)28(34(38,6)7)29-31(36(26,30)10)47-35(8,9)46-29;1-9-14-25(38)43-35-19-41-24(35)17-22(10-2)34(8)28(35)30(42-31(39)21-15-12-11-13-16-21)36(40)18-23(37)20(3)26(32(36,4)5)27-29(34)45-33(6,7)44-27;1-3-6(5)4-2/h14-18,26-27,29-32,42H,11-13,19-21H2,1-10H3;11-13,15-16,22,24,27-30,40H,9-10,14,17-19H2,1-8H3;3-4H2,1-2H3/t26-,27+,29+,30-,31+,32-,36+,37-,38+;22-,24+,27+,28-,29+,30-,34+,35-,36+;/m00./s1. The van der Waals surface area contributed by atoms with Gasteiger partial charge in [-0.1, -0.05) is 133 Å². The summed E-state index contributed by atoms with van der Waals surface area (Å²) in [5.74, 6) is -6.54. The average Bonchev–Trinajstić information content (AvgIpc) is 1.09. The summed E-state index contributed by atoms with van der Waals surface area (Å²) in [7, 11) is -3.44. The zero-order valence-electron chi connectivity index (χ0n) is 62.8. The molecule has 4 saturated carbocycles. The molecule has 2 N–H and O–H groups in total. The highest BCUT2D eigenvalue weighted by atomic mass is 28.4. The van der Waals surface area contributed by atoms with Crippen LogP contribution in [-0.2, 0) is 75.4 Å². The highest BCUT2D eigenvalue weighted by Crippen LogP contribution is 2.71. The van der Waals surface area contributed by atoms with Crippen molar-refractivity contribution in [2.75, 3.05) is 13.2 Å². The number of allylic oxidation sites excluding steroid dienone is 2. The fraction of sp³-hybridized carbons (Fsp3) is 0.718. The molecular formula is C78H112O20Si2. The molecule has 20 nitrogen and oxygen atoms in total. The first-order valence-corrected chi connectivity index (χ1v) is 41.1. The van der Waals surface area contributed by atoms with Crippen LogP contribution in [0, 0.1) is 39.4 Å². The van der Waals surface area contributed by atoms with Crippen molar-refractivity contribution < 1.29 is 95.2 Å². The number of aliphatic hydroxyl groups is 2. The lowest BCUT2D eigenvalue weighted by Crippen LogP contribution is -2.82. The number of fused-ring (bicyclic) bond motifs is 16. The second-order valence-electron chi connectivity index (χ2n) is 32.4. The van der Waals surface area contributed by atoms with Crippen LogP contribution in [-0.4, -0.2) is 165 Å². The lowest BCUT2D eigenvalue weighted by molar-refractivity contribution is -0.359. The summed E-state index contributed by atoms with van der Waals surface area (Å²) in [6.45, 7) is 38.6. The Kier molecular flexibility index (Phi) is 21.6. The monoisotopic (exact) mass is 1420 g/mol. The summed E-state index contributed by atoms with van der Waals surface area (Å²) in [6.07, 6.45) is -5.00. The molecule has 552 valence electrons. The first-order valence-electron chi connectivity index (χ1n) is 36.7. The first kappa shape index (κ1) is 77.6. The third kappa shape index (κ3) is 12.4. The molecule has 4 heterocycles. The van der Waals surface area contributed by atoms with E-state index in [1.165, 1.54) is 6.92 Å². The Balaban J connectivity index is 0.000000200. The number of carbonyl (C=O) groups is 6. The van der Waals surface area contributed by atoms with Gasteiger partial charge < -0.3 is 66.5 Å². The van der Waals surface area contributed by atoms with Crippen LogP contribution in [0.4, 0.5) is 0 Å². The number of Topliss-reactive ketones (excluding diaryl/α,β-unsaturated/α-hetero) is 2. The van der Waals surface area contributed by atoms with E-state index in [2.05, 4.69) is 41.5 Å². The molecule has 12 rings (SSSR count). The molecule has 0 spiro atoms. The number of benzene rings is 2. The van der Waals surface area contributed by atoms with E-state index in [1.807, 2.05) is 82.2 Å². The van der Waals surface area contributed by atoms with Crippen molar-refractivity contribution in [2.24, 2.45) is 39.4 Å². The molecule has 0 unspecified atom stereocenters. The molecule has 22 heteroatoms. The molecule has 0 amide bonds. The Morgan fingerprint density at radius 1 is 0.580 bits per heavy atom. The Hall–Kier alpha value is -4.99. The van der Waals surface area contributed by atoms with E-state index in [9.17, 15) is 43.4 Å². The maximum absolute atomic E-state index is 14.2. The van der Waals surface area contributed by atoms with E-state index < -0.39 is 157 Å². The van der Waals surface area contributed by atoms with Gasteiger partial charge in [0.25, 0.3) is 8.68 Å². The summed E-state index contributed by atoms with van der Waals surface area (Å²) in [5, 5.41) is 26.6. The third-order valence-electron chi connectivity index (χ3n) is 25.7. The molecule has 18 atom stereocenters. The predicted octanol–water partition coefficient (Wildman–Crippen LogP) is 12.7. The Morgan fingerprint density at radius 3 is 1.36 bits per heavy atom. The molecule has 0 radical (unpaired) electrons. The number of hydrogen-bond acceptors (Lipinski definition) is 20. The van der Waals surface area contributed by atoms with Crippen molar-refractivity contribution in [3.05, 3.63) is 94.1 Å². The van der Waals surface area contributed by atoms with Gasteiger partial charge in [0.15, 0.2) is 42.7 Å². The quantitative estimate of drug-likeness (QED) is 0.0899. The Morgan fingerprint density at radius 2 is 0.990 bits per heavy atom. The van der Waals surface area contributed by atoms with Crippen LogP contribution >= 0.6 is 0 Å². The highest BCUT2D eigenvalue weighted by molar-refractivity contribution is 6.73. The second kappa shape index (κ2) is 27.8. The van der Waals surface area contributed by atoms with Gasteiger partial charge in [-0.2, -0.15) is 0 Å². The van der Waals surface area contributed by atoms with Crippen molar-refractivity contribution in [1.82, 2.24) is 0 Å². The van der Waals surface area contributed by atoms with Gasteiger partial charge in [-0.3, -0.25) is 19.2 Å². The summed E-state index contributed by atoms with van der Waals surface area (Å²) in [5.41, 5.74) is -7.61. The molecule has 10 aliphatic rings. The topological polar surface area (TPSA) is 261 Å². The minimum Gasteiger partial charge on any atom is -0.455 e. The van der Waals surface area contributed by atoms with E-state index >= 15 is 0 Å². The van der Waals surface area contributed by atoms with Crippen molar-refractivity contribution in [3.8, 4) is 0 Å². The van der Waals surface area contributed by atoms with Gasteiger partial charge >= 0.3 is 23.9 Å². The predicted molar refractivity (Wildman–Crippen MR) is 374 cm³/mol. The minimum atomic E-state index is -2.32. The molecule has 2 aromatic carbocycles. The Labute approximate surface area is 594 Å². The van der Waals surface area contributed by atoms with Crippen LogP contribution in [0.1, 0.15) is 204 Å². The van der Waals surface area contributed by atoms with E-state index in [4.69, 9.17) is 51.8 Å². The average molecular weight is 1430 g/mol. The van der Waals surface area contributed by atoms with Crippen molar-refractivity contribution in [1.29, 1.82) is 0 Å². The number of rotatable bonds is 16. The smallest absolute Gasteiger partial charge is 0.338 e. The number of ether oxygens (including phenoxy) is 10. The molecule has 4 saturated heterocycles. The fourth-order valence-electron chi connectivity index (χ4n) is 19.8. The Bertz CT molecular complexity index is 3530. The van der Waals surface area contributed by atoms with Crippen LogP contribution in [0.2, 0.25) is 30.2 Å². The zero-order chi connectivity index (χ0) is 73.7. The van der Waals surface area contributed by atoms with Crippen LogP contribution in [0.15, 0.2) is 83.0 Å².